The van der Waals surface area contributed by atoms with E-state index < -0.39 is 17.4 Å². The van der Waals surface area contributed by atoms with Crippen LogP contribution in [-0.4, -0.2) is 23.7 Å². The van der Waals surface area contributed by atoms with Crippen LogP contribution in [0.25, 0.3) is 0 Å². The minimum Gasteiger partial charge on any atom is -0.480 e. The highest BCUT2D eigenvalue weighted by molar-refractivity contribution is 5.99. The number of hydrogen-bond acceptors (Lipinski definition) is 3. The van der Waals surface area contributed by atoms with E-state index in [1.54, 1.807) is 6.92 Å². The van der Waals surface area contributed by atoms with Crippen molar-refractivity contribution in [3.8, 4) is 0 Å². The molecular weight excluding hydrogens is 208 g/mol. The average molecular weight is 228 g/mol. The first-order chi connectivity index (χ1) is 7.34. The van der Waals surface area contributed by atoms with Crippen LogP contribution in [0.3, 0.4) is 0 Å². The lowest BCUT2D eigenvalue weighted by Crippen LogP contribution is -2.46. The fourth-order valence-corrected chi connectivity index (χ4v) is 2.58. The first-order valence-electron chi connectivity index (χ1n) is 5.75. The van der Waals surface area contributed by atoms with Crippen LogP contribution in [0.4, 0.5) is 0 Å². The lowest BCUT2D eigenvalue weighted by molar-refractivity contribution is -0.174. The van der Waals surface area contributed by atoms with Crippen molar-refractivity contribution in [1.29, 1.82) is 0 Å². The van der Waals surface area contributed by atoms with Gasteiger partial charge in [0.05, 0.1) is 6.61 Å². The third-order valence-electron chi connectivity index (χ3n) is 3.31. The van der Waals surface area contributed by atoms with Crippen molar-refractivity contribution in [2.45, 2.75) is 46.5 Å². The second-order valence-corrected chi connectivity index (χ2v) is 5.30. The van der Waals surface area contributed by atoms with E-state index in [1.165, 1.54) is 0 Å². The first kappa shape index (κ1) is 13.0. The highest BCUT2D eigenvalue weighted by Crippen LogP contribution is 2.47. The van der Waals surface area contributed by atoms with Gasteiger partial charge in [0.1, 0.15) is 0 Å². The molecule has 1 aliphatic carbocycles. The molecule has 1 saturated carbocycles. The standard InChI is InChI=1S/C12H20O4/c1-4-16-10(15)12(9(13)14)7-5-6-11(2,3)8-12/h4-8H2,1-3H3,(H,13,14). The Hall–Kier alpha value is -1.06. The monoisotopic (exact) mass is 228 g/mol. The van der Waals surface area contributed by atoms with Crippen LogP contribution >= 0.6 is 0 Å². The van der Waals surface area contributed by atoms with Gasteiger partial charge in [-0.15, -0.1) is 0 Å². The summed E-state index contributed by atoms with van der Waals surface area (Å²) < 4.78 is 4.92. The van der Waals surface area contributed by atoms with Crippen LogP contribution in [-0.2, 0) is 14.3 Å². The average Bonchev–Trinajstić information content (AvgIpc) is 2.16. The number of hydrogen-bond donors (Lipinski definition) is 1. The molecule has 0 heterocycles. The van der Waals surface area contributed by atoms with E-state index in [2.05, 4.69) is 0 Å². The van der Waals surface area contributed by atoms with Crippen molar-refractivity contribution in [3.05, 3.63) is 0 Å². The smallest absolute Gasteiger partial charge is 0.323 e. The van der Waals surface area contributed by atoms with Gasteiger partial charge in [-0.25, -0.2) is 0 Å². The molecule has 1 atom stereocenters. The van der Waals surface area contributed by atoms with Crippen molar-refractivity contribution in [3.63, 3.8) is 0 Å². The van der Waals surface area contributed by atoms with E-state index in [0.29, 0.717) is 12.8 Å². The Morgan fingerprint density at radius 1 is 1.31 bits per heavy atom. The minimum absolute atomic E-state index is 0.108. The van der Waals surface area contributed by atoms with Crippen LogP contribution < -0.4 is 0 Å². The van der Waals surface area contributed by atoms with E-state index in [0.717, 1.165) is 12.8 Å². The summed E-state index contributed by atoms with van der Waals surface area (Å²) in [5.41, 5.74) is -1.43. The predicted molar refractivity (Wildman–Crippen MR) is 59.0 cm³/mol. The van der Waals surface area contributed by atoms with Crippen LogP contribution in [0.1, 0.15) is 46.5 Å². The molecule has 0 radical (unpaired) electrons. The summed E-state index contributed by atoms with van der Waals surface area (Å²) in [7, 11) is 0. The number of carboxylic acid groups (broad SMARTS) is 1. The van der Waals surface area contributed by atoms with Gasteiger partial charge in [0.2, 0.25) is 0 Å². The zero-order valence-corrected chi connectivity index (χ0v) is 10.2. The van der Waals surface area contributed by atoms with Crippen LogP contribution in [0, 0.1) is 10.8 Å². The Bertz CT molecular complexity index is 295. The van der Waals surface area contributed by atoms with Crippen molar-refractivity contribution >= 4 is 11.9 Å². The molecule has 1 unspecified atom stereocenters. The summed E-state index contributed by atoms with van der Waals surface area (Å²) in [6.45, 7) is 5.93. The first-order valence-corrected chi connectivity index (χ1v) is 5.75. The highest BCUT2D eigenvalue weighted by Gasteiger charge is 2.52. The Labute approximate surface area is 96.0 Å². The number of aliphatic carboxylic acids is 1. The van der Waals surface area contributed by atoms with Crippen LogP contribution in [0.5, 0.6) is 0 Å². The third kappa shape index (κ3) is 2.36. The molecule has 0 aromatic heterocycles. The van der Waals surface area contributed by atoms with Crippen molar-refractivity contribution in [1.82, 2.24) is 0 Å². The maximum absolute atomic E-state index is 11.8. The molecule has 1 rings (SSSR count). The van der Waals surface area contributed by atoms with Gasteiger partial charge >= 0.3 is 11.9 Å². The largest absolute Gasteiger partial charge is 0.480 e. The highest BCUT2D eigenvalue weighted by atomic mass is 16.5. The van der Waals surface area contributed by atoms with E-state index in [-0.39, 0.29) is 12.0 Å². The topological polar surface area (TPSA) is 63.6 Å². The SMILES string of the molecule is CCOC(=O)C1(C(=O)O)CCCC(C)(C)C1. The van der Waals surface area contributed by atoms with E-state index >= 15 is 0 Å². The van der Waals surface area contributed by atoms with Gasteiger partial charge in [0, 0.05) is 0 Å². The molecule has 0 aliphatic heterocycles. The van der Waals surface area contributed by atoms with Gasteiger partial charge in [0.25, 0.3) is 0 Å². The number of carboxylic acids is 1. The molecule has 0 aromatic carbocycles. The Kier molecular flexibility index (Phi) is 3.61. The second-order valence-electron chi connectivity index (χ2n) is 5.30. The molecular formula is C12H20O4. The van der Waals surface area contributed by atoms with E-state index in [4.69, 9.17) is 4.74 Å². The number of carbonyl (C=O) groups is 2. The molecule has 1 fully saturated rings. The number of rotatable bonds is 3. The minimum atomic E-state index is -1.32. The fourth-order valence-electron chi connectivity index (χ4n) is 2.58. The summed E-state index contributed by atoms with van der Waals surface area (Å²) in [5, 5.41) is 9.32. The van der Waals surface area contributed by atoms with Gasteiger partial charge < -0.3 is 9.84 Å². The number of carbonyl (C=O) groups excluding carboxylic acids is 1. The maximum atomic E-state index is 11.8. The molecule has 0 spiro atoms. The summed E-state index contributed by atoms with van der Waals surface area (Å²) in [6, 6.07) is 0. The molecule has 0 aromatic rings. The summed E-state index contributed by atoms with van der Waals surface area (Å²) in [4.78, 5) is 23.2. The molecule has 0 amide bonds. The van der Waals surface area contributed by atoms with Gasteiger partial charge in [-0.2, -0.15) is 0 Å². The van der Waals surface area contributed by atoms with E-state index in [9.17, 15) is 14.7 Å². The number of esters is 1. The molecule has 16 heavy (non-hydrogen) atoms. The Morgan fingerprint density at radius 2 is 1.94 bits per heavy atom. The summed E-state index contributed by atoms with van der Waals surface area (Å²) in [6.07, 6.45) is 2.48. The predicted octanol–water partition coefficient (Wildman–Crippen LogP) is 2.22. The molecule has 0 saturated heterocycles. The normalized spacial score (nSPS) is 28.4. The fraction of sp³-hybridized carbons (Fsp3) is 0.833. The lowest BCUT2D eigenvalue weighted by atomic mass is 9.63. The Morgan fingerprint density at radius 3 is 2.38 bits per heavy atom. The molecule has 4 heteroatoms. The summed E-state index contributed by atoms with van der Waals surface area (Å²) in [5.74, 6) is -1.62. The lowest BCUT2D eigenvalue weighted by Gasteiger charge is -2.40. The molecule has 0 bridgehead atoms. The van der Waals surface area contributed by atoms with Crippen molar-refractivity contribution in [2.75, 3.05) is 6.61 Å². The third-order valence-corrected chi connectivity index (χ3v) is 3.31. The van der Waals surface area contributed by atoms with Crippen LogP contribution in [0.15, 0.2) is 0 Å². The molecule has 1 aliphatic rings. The van der Waals surface area contributed by atoms with Gasteiger partial charge in [-0.3, -0.25) is 9.59 Å². The van der Waals surface area contributed by atoms with Crippen molar-refractivity contribution < 1.29 is 19.4 Å². The molecule has 1 N–H and O–H groups in total. The maximum Gasteiger partial charge on any atom is 0.323 e. The van der Waals surface area contributed by atoms with Gasteiger partial charge in [0.15, 0.2) is 5.41 Å². The second kappa shape index (κ2) is 4.44. The van der Waals surface area contributed by atoms with Crippen LogP contribution in [0.2, 0.25) is 0 Å². The Balaban J connectivity index is 2.97. The molecule has 92 valence electrons. The zero-order chi connectivity index (χ0) is 12.4. The summed E-state index contributed by atoms with van der Waals surface area (Å²) >= 11 is 0. The van der Waals surface area contributed by atoms with Gasteiger partial charge in [-0.05, 0) is 31.6 Å². The van der Waals surface area contributed by atoms with E-state index in [1.807, 2.05) is 13.8 Å². The zero-order valence-electron chi connectivity index (χ0n) is 10.2. The molecule has 4 nitrogen and oxygen atoms in total. The van der Waals surface area contributed by atoms with Crippen molar-refractivity contribution in [2.24, 2.45) is 10.8 Å². The van der Waals surface area contributed by atoms with Gasteiger partial charge in [-0.1, -0.05) is 20.3 Å². The number of ether oxygens (including phenoxy) is 1. The quantitative estimate of drug-likeness (QED) is 0.594.